The lowest BCUT2D eigenvalue weighted by atomic mass is 9.96. The lowest BCUT2D eigenvalue weighted by molar-refractivity contribution is -0.125. The summed E-state index contributed by atoms with van der Waals surface area (Å²) in [6.07, 6.45) is 7.17. The van der Waals surface area contributed by atoms with E-state index < -0.39 is 0 Å². The SMILES string of the molecule is CC(C)C(=O)NC1CCN(CC(=O)NC(=O)NC2CCCCC2)CC1. The highest BCUT2D eigenvalue weighted by atomic mass is 16.2. The van der Waals surface area contributed by atoms with Gasteiger partial charge in [-0.25, -0.2) is 4.79 Å². The van der Waals surface area contributed by atoms with Crippen LogP contribution in [0.5, 0.6) is 0 Å². The molecule has 0 spiro atoms. The molecule has 7 heteroatoms. The maximum Gasteiger partial charge on any atom is 0.321 e. The first-order valence-electron chi connectivity index (χ1n) is 9.57. The van der Waals surface area contributed by atoms with Crippen molar-refractivity contribution in [1.82, 2.24) is 20.9 Å². The molecule has 3 N–H and O–H groups in total. The lowest BCUT2D eigenvalue weighted by Crippen LogP contribution is -2.50. The molecule has 2 fully saturated rings. The second-order valence-electron chi connectivity index (χ2n) is 7.57. The molecule has 7 nitrogen and oxygen atoms in total. The van der Waals surface area contributed by atoms with Gasteiger partial charge in [0.05, 0.1) is 6.54 Å². The molecule has 1 saturated heterocycles. The Hall–Kier alpha value is -1.63. The van der Waals surface area contributed by atoms with E-state index in [1.165, 1.54) is 6.42 Å². The van der Waals surface area contributed by atoms with Crippen molar-refractivity contribution in [3.63, 3.8) is 0 Å². The third-order valence-corrected chi connectivity index (χ3v) is 5.02. The molecule has 2 aliphatic rings. The van der Waals surface area contributed by atoms with Gasteiger partial charge in [0.15, 0.2) is 0 Å². The van der Waals surface area contributed by atoms with Crippen LogP contribution in [0.3, 0.4) is 0 Å². The van der Waals surface area contributed by atoms with Gasteiger partial charge >= 0.3 is 6.03 Å². The molecule has 1 saturated carbocycles. The van der Waals surface area contributed by atoms with Crippen LogP contribution in [0.1, 0.15) is 58.8 Å². The Morgan fingerprint density at radius 1 is 0.920 bits per heavy atom. The zero-order chi connectivity index (χ0) is 18.2. The van der Waals surface area contributed by atoms with E-state index in [9.17, 15) is 14.4 Å². The molecule has 2 rings (SSSR count). The van der Waals surface area contributed by atoms with Gasteiger partial charge in [0.2, 0.25) is 11.8 Å². The molecule has 1 aliphatic carbocycles. The summed E-state index contributed by atoms with van der Waals surface area (Å²) in [5.41, 5.74) is 0. The smallest absolute Gasteiger partial charge is 0.321 e. The van der Waals surface area contributed by atoms with Crippen molar-refractivity contribution in [2.45, 2.75) is 70.9 Å². The molecule has 4 amide bonds. The van der Waals surface area contributed by atoms with E-state index >= 15 is 0 Å². The molecule has 0 bridgehead atoms. The maximum absolute atomic E-state index is 12.0. The normalized spacial score (nSPS) is 20.3. The van der Waals surface area contributed by atoms with Gasteiger partial charge in [0.1, 0.15) is 0 Å². The van der Waals surface area contributed by atoms with E-state index in [0.29, 0.717) is 0 Å². The predicted molar refractivity (Wildman–Crippen MR) is 96.0 cm³/mol. The van der Waals surface area contributed by atoms with E-state index in [-0.39, 0.29) is 42.4 Å². The van der Waals surface area contributed by atoms with Crippen molar-refractivity contribution in [1.29, 1.82) is 0 Å². The number of carbonyl (C=O) groups excluding carboxylic acids is 3. The summed E-state index contributed by atoms with van der Waals surface area (Å²) in [6.45, 7) is 5.49. The molecular weight excluding hydrogens is 320 g/mol. The Morgan fingerprint density at radius 2 is 1.52 bits per heavy atom. The van der Waals surface area contributed by atoms with E-state index in [1.807, 2.05) is 18.7 Å². The fourth-order valence-electron chi connectivity index (χ4n) is 3.44. The Morgan fingerprint density at radius 3 is 2.12 bits per heavy atom. The Kier molecular flexibility index (Phi) is 7.68. The molecule has 0 aromatic rings. The summed E-state index contributed by atoms with van der Waals surface area (Å²) in [6, 6.07) is 0.00153. The van der Waals surface area contributed by atoms with Crippen molar-refractivity contribution in [3.05, 3.63) is 0 Å². The molecule has 0 aromatic carbocycles. The van der Waals surface area contributed by atoms with Gasteiger partial charge in [-0.2, -0.15) is 0 Å². The summed E-state index contributed by atoms with van der Waals surface area (Å²) in [4.78, 5) is 37.7. The molecule has 0 aromatic heterocycles. The number of nitrogens with one attached hydrogen (secondary N) is 3. The number of hydrogen-bond acceptors (Lipinski definition) is 4. The van der Waals surface area contributed by atoms with Gasteiger partial charge in [-0.15, -0.1) is 0 Å². The van der Waals surface area contributed by atoms with Crippen molar-refractivity contribution < 1.29 is 14.4 Å². The van der Waals surface area contributed by atoms with Crippen molar-refractivity contribution in [3.8, 4) is 0 Å². The van der Waals surface area contributed by atoms with Crippen LogP contribution in [0.25, 0.3) is 0 Å². The summed E-state index contributed by atoms with van der Waals surface area (Å²) >= 11 is 0. The van der Waals surface area contributed by atoms with E-state index in [1.54, 1.807) is 0 Å². The van der Waals surface area contributed by atoms with Crippen molar-refractivity contribution >= 4 is 17.8 Å². The minimum atomic E-state index is -0.379. The second-order valence-corrected chi connectivity index (χ2v) is 7.57. The molecule has 142 valence electrons. The first kappa shape index (κ1) is 19.7. The predicted octanol–water partition coefficient (Wildman–Crippen LogP) is 1.38. The number of amides is 4. The number of piperidine rings is 1. The Labute approximate surface area is 150 Å². The number of nitrogens with zero attached hydrogens (tertiary/aromatic N) is 1. The van der Waals surface area contributed by atoms with Crippen LogP contribution in [-0.4, -0.2) is 54.5 Å². The van der Waals surface area contributed by atoms with Gasteiger partial charge in [0.25, 0.3) is 0 Å². The lowest BCUT2D eigenvalue weighted by Gasteiger charge is -2.32. The molecule has 1 heterocycles. The van der Waals surface area contributed by atoms with Crippen LogP contribution in [0.15, 0.2) is 0 Å². The standard InChI is InChI=1S/C18H32N4O3/c1-13(2)17(24)19-15-8-10-22(11-9-15)12-16(23)21-18(25)20-14-6-4-3-5-7-14/h13-15H,3-12H2,1-2H3,(H,19,24)(H2,20,21,23,25). The number of carbonyl (C=O) groups is 3. The largest absolute Gasteiger partial charge is 0.353 e. The summed E-state index contributed by atoms with van der Waals surface area (Å²) in [7, 11) is 0. The highest BCUT2D eigenvalue weighted by Crippen LogP contribution is 2.17. The third kappa shape index (κ3) is 7.02. The first-order valence-corrected chi connectivity index (χ1v) is 9.57. The van der Waals surface area contributed by atoms with Gasteiger partial charge in [-0.1, -0.05) is 33.1 Å². The highest BCUT2D eigenvalue weighted by molar-refractivity contribution is 5.95. The monoisotopic (exact) mass is 352 g/mol. The fraction of sp³-hybridized carbons (Fsp3) is 0.833. The van der Waals surface area contributed by atoms with Crippen molar-refractivity contribution in [2.75, 3.05) is 19.6 Å². The summed E-state index contributed by atoms with van der Waals surface area (Å²) in [5, 5.41) is 8.36. The van der Waals surface area contributed by atoms with Gasteiger partial charge in [-0.05, 0) is 25.7 Å². The van der Waals surface area contributed by atoms with E-state index in [0.717, 1.165) is 51.6 Å². The Bertz CT molecular complexity index is 467. The van der Waals surface area contributed by atoms with E-state index in [4.69, 9.17) is 0 Å². The summed E-state index contributed by atoms with van der Waals surface area (Å²) < 4.78 is 0. The highest BCUT2D eigenvalue weighted by Gasteiger charge is 2.23. The fourth-order valence-corrected chi connectivity index (χ4v) is 3.44. The maximum atomic E-state index is 12.0. The van der Waals surface area contributed by atoms with Crippen LogP contribution < -0.4 is 16.0 Å². The first-order chi connectivity index (χ1) is 11.9. The number of hydrogen-bond donors (Lipinski definition) is 3. The van der Waals surface area contributed by atoms with Crippen molar-refractivity contribution in [2.24, 2.45) is 5.92 Å². The van der Waals surface area contributed by atoms with Crippen LogP contribution in [0.4, 0.5) is 4.79 Å². The number of rotatable bonds is 5. The second kappa shape index (κ2) is 9.75. The quantitative estimate of drug-likeness (QED) is 0.697. The van der Waals surface area contributed by atoms with Crippen LogP contribution in [0.2, 0.25) is 0 Å². The number of imide groups is 1. The Balaban J connectivity index is 1.63. The number of urea groups is 1. The molecule has 0 unspecified atom stereocenters. The third-order valence-electron chi connectivity index (χ3n) is 5.02. The molecule has 25 heavy (non-hydrogen) atoms. The zero-order valence-corrected chi connectivity index (χ0v) is 15.5. The topological polar surface area (TPSA) is 90.5 Å². The minimum Gasteiger partial charge on any atom is -0.353 e. The zero-order valence-electron chi connectivity index (χ0n) is 15.5. The molecule has 0 radical (unpaired) electrons. The minimum absolute atomic E-state index is 0.00789. The van der Waals surface area contributed by atoms with E-state index in [2.05, 4.69) is 16.0 Å². The average molecular weight is 352 g/mol. The van der Waals surface area contributed by atoms with Gasteiger partial charge in [-0.3, -0.25) is 19.8 Å². The van der Waals surface area contributed by atoms with Crippen LogP contribution in [0, 0.1) is 5.92 Å². The molecular formula is C18H32N4O3. The summed E-state index contributed by atoms with van der Waals surface area (Å²) in [5.74, 6) is -0.194. The van der Waals surface area contributed by atoms with Crippen LogP contribution in [-0.2, 0) is 9.59 Å². The number of likely N-dealkylation sites (tertiary alicyclic amines) is 1. The van der Waals surface area contributed by atoms with Gasteiger partial charge < -0.3 is 10.6 Å². The molecule has 1 aliphatic heterocycles. The average Bonchev–Trinajstić information content (AvgIpc) is 2.57. The van der Waals surface area contributed by atoms with Crippen LogP contribution >= 0.6 is 0 Å². The van der Waals surface area contributed by atoms with Gasteiger partial charge in [0, 0.05) is 31.1 Å². The molecule has 0 atom stereocenters.